The number of hydrogen-bond acceptors (Lipinski definition) is 12. The highest BCUT2D eigenvalue weighted by Gasteiger charge is 2.21. The van der Waals surface area contributed by atoms with Crippen LogP contribution in [0.15, 0.2) is 16.5 Å². The summed E-state index contributed by atoms with van der Waals surface area (Å²) in [5.74, 6) is -3.59. The number of carbonyl (C=O) groups excluding carboxylic acids is 4. The van der Waals surface area contributed by atoms with Gasteiger partial charge in [0, 0.05) is 13.3 Å². The number of ether oxygens (including phenoxy) is 4. The molecular formula is C23H35NO11. The van der Waals surface area contributed by atoms with Gasteiger partial charge in [-0.2, -0.15) is 0 Å². The van der Waals surface area contributed by atoms with Crippen LogP contribution in [0, 0.1) is 0 Å². The first kappa shape index (κ1) is 30.1. The molecule has 0 radical (unpaired) electrons. The third-order valence-corrected chi connectivity index (χ3v) is 4.60. The lowest BCUT2D eigenvalue weighted by Crippen LogP contribution is -2.27. The molecule has 0 aromatic carbocycles. The van der Waals surface area contributed by atoms with E-state index in [2.05, 4.69) is 5.32 Å². The molecule has 0 aliphatic heterocycles. The Hall–Kier alpha value is -2.96. The number of nitrogens with one attached hydrogen (secondary N) is 1. The first-order valence-electron chi connectivity index (χ1n) is 11.5. The maximum absolute atomic E-state index is 12.0. The van der Waals surface area contributed by atoms with Crippen LogP contribution in [-0.2, 0) is 28.5 Å². The molecule has 0 saturated heterocycles. The van der Waals surface area contributed by atoms with Crippen LogP contribution in [0.2, 0.25) is 0 Å². The first-order chi connectivity index (χ1) is 16.8. The normalized spacial score (nSPS) is 12.5. The molecule has 198 valence electrons. The van der Waals surface area contributed by atoms with Crippen molar-refractivity contribution in [3.8, 4) is 0 Å². The van der Waals surface area contributed by atoms with Crippen LogP contribution in [0.4, 0.5) is 0 Å². The highest BCUT2D eigenvalue weighted by molar-refractivity contribution is 5.90. The van der Waals surface area contributed by atoms with Crippen LogP contribution in [-0.4, -0.2) is 86.3 Å². The van der Waals surface area contributed by atoms with E-state index < -0.39 is 55.9 Å². The Morgan fingerprint density at radius 2 is 1.49 bits per heavy atom. The first-order valence-corrected chi connectivity index (χ1v) is 11.5. The van der Waals surface area contributed by atoms with Crippen molar-refractivity contribution in [1.82, 2.24) is 5.32 Å². The minimum Gasteiger partial charge on any atom is -0.463 e. The van der Waals surface area contributed by atoms with Crippen molar-refractivity contribution >= 4 is 23.9 Å². The van der Waals surface area contributed by atoms with Crippen molar-refractivity contribution in [3.05, 3.63) is 23.7 Å². The Kier molecular flexibility index (Phi) is 15.0. The molecule has 0 aliphatic carbocycles. The molecule has 0 aliphatic rings. The van der Waals surface area contributed by atoms with E-state index in [0.29, 0.717) is 6.42 Å². The zero-order valence-corrected chi connectivity index (χ0v) is 20.2. The average molecular weight is 502 g/mol. The lowest BCUT2D eigenvalue weighted by molar-refractivity contribution is -0.151. The molecule has 2 unspecified atom stereocenters. The minimum absolute atomic E-state index is 0.254. The molecule has 1 rings (SSSR count). The Morgan fingerprint density at radius 1 is 0.914 bits per heavy atom. The van der Waals surface area contributed by atoms with E-state index in [0.717, 1.165) is 39.2 Å². The van der Waals surface area contributed by atoms with E-state index in [1.54, 1.807) is 0 Å². The highest BCUT2D eigenvalue weighted by atomic mass is 16.6. The Morgan fingerprint density at radius 3 is 2.09 bits per heavy atom. The molecule has 1 heterocycles. The zero-order chi connectivity index (χ0) is 26.1. The molecule has 0 fully saturated rings. The predicted molar refractivity (Wildman–Crippen MR) is 121 cm³/mol. The van der Waals surface area contributed by atoms with Crippen molar-refractivity contribution in [3.63, 3.8) is 0 Å². The lowest BCUT2D eigenvalue weighted by atomic mass is 10.1. The Labute approximate surface area is 203 Å². The second kappa shape index (κ2) is 17.5. The highest BCUT2D eigenvalue weighted by Crippen LogP contribution is 2.12. The minimum atomic E-state index is -1.22. The van der Waals surface area contributed by atoms with Crippen molar-refractivity contribution in [2.45, 2.75) is 57.7 Å². The van der Waals surface area contributed by atoms with Gasteiger partial charge in [-0.25, -0.2) is 9.59 Å². The predicted octanol–water partition coefficient (Wildman–Crippen LogP) is 0.981. The van der Waals surface area contributed by atoms with E-state index in [1.165, 1.54) is 12.1 Å². The Bertz CT molecular complexity index is 792. The van der Waals surface area contributed by atoms with Crippen LogP contribution in [0.1, 0.15) is 66.6 Å². The molecule has 0 spiro atoms. The van der Waals surface area contributed by atoms with Crippen LogP contribution in [0.25, 0.3) is 0 Å². The number of aliphatic hydroxyl groups is 2. The van der Waals surface area contributed by atoms with Crippen LogP contribution in [0.3, 0.4) is 0 Å². The average Bonchev–Trinajstić information content (AvgIpc) is 3.33. The summed E-state index contributed by atoms with van der Waals surface area (Å²) < 4.78 is 24.6. The fraction of sp³-hybridized carbons (Fsp3) is 0.652. The fourth-order valence-corrected chi connectivity index (χ4v) is 2.81. The number of furan rings is 1. The summed E-state index contributed by atoms with van der Waals surface area (Å²) >= 11 is 0. The summed E-state index contributed by atoms with van der Waals surface area (Å²) in [6.07, 6.45) is 2.86. The van der Waals surface area contributed by atoms with Gasteiger partial charge in [-0.3, -0.25) is 9.59 Å². The van der Waals surface area contributed by atoms with E-state index in [4.69, 9.17) is 28.5 Å². The van der Waals surface area contributed by atoms with Crippen LogP contribution >= 0.6 is 0 Å². The second-order valence-corrected chi connectivity index (χ2v) is 7.73. The summed E-state index contributed by atoms with van der Waals surface area (Å²) in [4.78, 5) is 46.6. The largest absolute Gasteiger partial charge is 0.463 e. The van der Waals surface area contributed by atoms with Crippen LogP contribution < -0.4 is 5.32 Å². The second-order valence-electron chi connectivity index (χ2n) is 7.73. The zero-order valence-electron chi connectivity index (χ0n) is 20.2. The molecule has 1 aromatic rings. The standard InChI is InChI=1S/C23H35NO11/c1-16(26)34-18(12-25)15-33-23(30)20-10-9-19(35-20)22(29)32-14-17(27)13-31-21(28)8-6-4-3-5-7-11-24-2/h9-10,17-18,24-25,27H,3-8,11-15H2,1-2H3. The molecule has 35 heavy (non-hydrogen) atoms. The number of aliphatic hydroxyl groups excluding tert-OH is 2. The number of esters is 4. The Balaban J connectivity index is 2.27. The van der Waals surface area contributed by atoms with Crippen molar-refractivity contribution < 1.29 is 52.8 Å². The SMILES string of the molecule is CNCCCCCCCC(=O)OCC(O)COC(=O)c1ccc(C(=O)OCC(CO)OC(C)=O)o1. The van der Waals surface area contributed by atoms with Gasteiger partial charge in [0.15, 0.2) is 6.10 Å². The molecule has 12 heteroatoms. The van der Waals surface area contributed by atoms with E-state index in [1.807, 2.05) is 7.05 Å². The molecule has 0 saturated carbocycles. The molecular weight excluding hydrogens is 466 g/mol. The van der Waals surface area contributed by atoms with Gasteiger partial charge in [0.05, 0.1) is 6.61 Å². The number of rotatable bonds is 18. The van der Waals surface area contributed by atoms with Gasteiger partial charge in [-0.05, 0) is 38.6 Å². The van der Waals surface area contributed by atoms with Gasteiger partial charge in [-0.1, -0.05) is 19.3 Å². The number of unbranched alkanes of at least 4 members (excludes halogenated alkanes) is 4. The molecule has 0 amide bonds. The van der Waals surface area contributed by atoms with Crippen molar-refractivity contribution in [1.29, 1.82) is 0 Å². The molecule has 0 bridgehead atoms. The molecule has 1 aromatic heterocycles. The summed E-state index contributed by atoms with van der Waals surface area (Å²) in [5.41, 5.74) is 0. The maximum atomic E-state index is 12.0. The van der Waals surface area contributed by atoms with E-state index in [-0.39, 0.29) is 24.5 Å². The fourth-order valence-electron chi connectivity index (χ4n) is 2.81. The van der Waals surface area contributed by atoms with Crippen molar-refractivity contribution in [2.75, 3.05) is 40.0 Å². The maximum Gasteiger partial charge on any atom is 0.374 e. The van der Waals surface area contributed by atoms with Gasteiger partial charge >= 0.3 is 23.9 Å². The van der Waals surface area contributed by atoms with Crippen LogP contribution in [0.5, 0.6) is 0 Å². The molecule has 3 N–H and O–H groups in total. The lowest BCUT2D eigenvalue weighted by Gasteiger charge is -2.13. The van der Waals surface area contributed by atoms with Gasteiger partial charge in [0.25, 0.3) is 0 Å². The summed E-state index contributed by atoms with van der Waals surface area (Å²) in [5, 5.41) is 22.0. The number of hydrogen-bond donors (Lipinski definition) is 3. The van der Waals surface area contributed by atoms with Gasteiger partial charge in [0.2, 0.25) is 11.5 Å². The number of carbonyl (C=O) groups is 4. The van der Waals surface area contributed by atoms with Crippen molar-refractivity contribution in [2.24, 2.45) is 0 Å². The molecule has 12 nitrogen and oxygen atoms in total. The third kappa shape index (κ3) is 13.5. The summed E-state index contributed by atoms with van der Waals surface area (Å²) in [6, 6.07) is 2.36. The van der Waals surface area contributed by atoms with Gasteiger partial charge < -0.3 is 38.9 Å². The van der Waals surface area contributed by atoms with Gasteiger partial charge in [-0.15, -0.1) is 0 Å². The molecule has 2 atom stereocenters. The smallest absolute Gasteiger partial charge is 0.374 e. The monoisotopic (exact) mass is 501 g/mol. The van der Waals surface area contributed by atoms with Gasteiger partial charge in [0.1, 0.15) is 25.9 Å². The summed E-state index contributed by atoms with van der Waals surface area (Å²) in [7, 11) is 1.91. The quantitative estimate of drug-likeness (QED) is 0.148. The van der Waals surface area contributed by atoms with E-state index >= 15 is 0 Å². The van der Waals surface area contributed by atoms with E-state index in [9.17, 15) is 24.3 Å². The third-order valence-electron chi connectivity index (χ3n) is 4.60. The topological polar surface area (TPSA) is 171 Å². The summed E-state index contributed by atoms with van der Waals surface area (Å²) in [6.45, 7) is 0.403.